The third kappa shape index (κ3) is 3.84. The van der Waals surface area contributed by atoms with E-state index in [1.807, 2.05) is 13.0 Å². The zero-order valence-corrected chi connectivity index (χ0v) is 16.7. The molecule has 10 heteroatoms. The lowest BCUT2D eigenvalue weighted by Crippen LogP contribution is -2.26. The van der Waals surface area contributed by atoms with Crippen LogP contribution in [0.1, 0.15) is 41.6 Å². The Balaban J connectivity index is 1.71. The Bertz CT molecular complexity index is 1090. The van der Waals surface area contributed by atoms with Crippen LogP contribution in [0.3, 0.4) is 0 Å². The van der Waals surface area contributed by atoms with Crippen LogP contribution < -0.4 is 15.8 Å². The maximum absolute atomic E-state index is 12.5. The number of fused-ring (bicyclic) bond motifs is 1. The van der Waals surface area contributed by atoms with Gasteiger partial charge in [-0.2, -0.15) is 5.10 Å². The van der Waals surface area contributed by atoms with Gasteiger partial charge < -0.3 is 15.8 Å². The fraction of sp³-hybridized carbons (Fsp3) is 0.421. The molecule has 0 unspecified atom stereocenters. The topological polar surface area (TPSA) is 133 Å². The maximum Gasteiger partial charge on any atom is 0.255 e. The fourth-order valence-corrected chi connectivity index (χ4v) is 5.76. The third-order valence-corrected chi connectivity index (χ3v) is 7.07. The molecule has 1 fully saturated rings. The minimum atomic E-state index is -3.09. The number of rotatable bonds is 5. The first-order chi connectivity index (χ1) is 13.7. The van der Waals surface area contributed by atoms with Gasteiger partial charge >= 0.3 is 0 Å². The molecule has 4 rings (SSSR count). The summed E-state index contributed by atoms with van der Waals surface area (Å²) in [5.74, 6) is 0.225. The fourth-order valence-electron chi connectivity index (χ4n) is 4.07. The normalized spacial score (nSPS) is 22.7. The number of aromatic nitrogens is 2. The summed E-state index contributed by atoms with van der Waals surface area (Å²) in [5.41, 5.74) is 7.61. The number of hydrogen-bond acceptors (Lipinski definition) is 6. The molecule has 9 nitrogen and oxygen atoms in total. The lowest BCUT2D eigenvalue weighted by molar-refractivity contribution is -0.120. The molecule has 2 amide bonds. The summed E-state index contributed by atoms with van der Waals surface area (Å²) in [6, 6.07) is 6.90. The summed E-state index contributed by atoms with van der Waals surface area (Å²) in [4.78, 5) is 23.4. The molecule has 1 aromatic carbocycles. The number of benzene rings is 1. The molecule has 0 saturated carbocycles. The maximum atomic E-state index is 12.5. The van der Waals surface area contributed by atoms with E-state index in [2.05, 4.69) is 10.4 Å². The van der Waals surface area contributed by atoms with Crippen molar-refractivity contribution in [2.24, 2.45) is 5.73 Å². The van der Waals surface area contributed by atoms with E-state index in [0.717, 1.165) is 16.8 Å². The van der Waals surface area contributed by atoms with Gasteiger partial charge in [0.2, 0.25) is 5.91 Å². The van der Waals surface area contributed by atoms with Crippen molar-refractivity contribution in [2.75, 3.05) is 23.4 Å². The molecule has 0 radical (unpaired) electrons. The molecule has 0 bridgehead atoms. The van der Waals surface area contributed by atoms with Gasteiger partial charge in [0.25, 0.3) is 5.91 Å². The number of carbonyl (C=O) groups excluding carboxylic acids is 2. The Kier molecular flexibility index (Phi) is 4.81. The Morgan fingerprint density at radius 1 is 1.41 bits per heavy atom. The highest BCUT2D eigenvalue weighted by Gasteiger charge is 2.37. The van der Waals surface area contributed by atoms with Crippen molar-refractivity contribution in [3.63, 3.8) is 0 Å². The van der Waals surface area contributed by atoms with Crippen molar-refractivity contribution in [2.45, 2.75) is 31.7 Å². The highest BCUT2D eigenvalue weighted by Crippen LogP contribution is 2.42. The van der Waals surface area contributed by atoms with E-state index in [1.54, 1.807) is 22.9 Å². The monoisotopic (exact) mass is 418 g/mol. The molecular formula is C19H22N4O5S. The predicted octanol–water partition coefficient (Wildman–Crippen LogP) is 0.889. The van der Waals surface area contributed by atoms with Gasteiger partial charge in [-0.05, 0) is 31.0 Å². The number of nitrogens with zero attached hydrogens (tertiary/aromatic N) is 2. The highest BCUT2D eigenvalue weighted by molar-refractivity contribution is 7.91. The number of hydrogen-bond donors (Lipinski definition) is 2. The van der Waals surface area contributed by atoms with Crippen LogP contribution in [0.5, 0.6) is 5.75 Å². The standard InChI is InChI=1S/C19H22N4O5S/c1-11-18-15(12-3-2-4-14(7-12)28-9-16(20)24)8-17(25)21-19(18)23(22-11)13-5-6-29(26,27)10-13/h2-4,7,13,15H,5-6,8-10H2,1H3,(H2,20,24)(H,21,25)/t13-,15-/m1/s1. The summed E-state index contributed by atoms with van der Waals surface area (Å²) in [6.07, 6.45) is 0.717. The van der Waals surface area contributed by atoms with Gasteiger partial charge in [-0.1, -0.05) is 12.1 Å². The van der Waals surface area contributed by atoms with Crippen molar-refractivity contribution >= 4 is 27.5 Å². The quantitative estimate of drug-likeness (QED) is 0.741. The first-order valence-electron chi connectivity index (χ1n) is 9.34. The lowest BCUT2D eigenvalue weighted by atomic mass is 9.85. The van der Waals surface area contributed by atoms with Gasteiger partial charge in [0.05, 0.1) is 23.2 Å². The SMILES string of the molecule is Cc1nn([C@@H]2CCS(=O)(=O)C2)c2c1[C@@H](c1cccc(OCC(N)=O)c1)CC(=O)N2. The number of primary amides is 1. The number of anilines is 1. The van der Waals surface area contributed by atoms with Crippen molar-refractivity contribution in [3.05, 3.63) is 41.1 Å². The zero-order valence-electron chi connectivity index (χ0n) is 15.9. The molecule has 2 aromatic rings. The van der Waals surface area contributed by atoms with E-state index in [4.69, 9.17) is 10.5 Å². The van der Waals surface area contributed by atoms with Crippen LogP contribution >= 0.6 is 0 Å². The van der Waals surface area contributed by atoms with E-state index in [9.17, 15) is 18.0 Å². The second kappa shape index (κ2) is 7.18. The molecule has 3 heterocycles. The Morgan fingerprint density at radius 2 is 2.21 bits per heavy atom. The molecule has 2 atom stereocenters. The summed E-state index contributed by atoms with van der Waals surface area (Å²) in [6.45, 7) is 1.63. The Morgan fingerprint density at radius 3 is 2.90 bits per heavy atom. The van der Waals surface area contributed by atoms with Gasteiger partial charge in [0.1, 0.15) is 11.6 Å². The van der Waals surface area contributed by atoms with Crippen LogP contribution in [0.25, 0.3) is 0 Å². The third-order valence-electron chi connectivity index (χ3n) is 5.32. The average Bonchev–Trinajstić information content (AvgIpc) is 3.19. The number of aryl methyl sites for hydroxylation is 1. The number of carbonyl (C=O) groups is 2. The van der Waals surface area contributed by atoms with Gasteiger partial charge in [0.15, 0.2) is 16.4 Å². The second-order valence-electron chi connectivity index (χ2n) is 7.48. The van der Waals surface area contributed by atoms with E-state index in [-0.39, 0.29) is 42.4 Å². The molecule has 29 heavy (non-hydrogen) atoms. The number of sulfone groups is 1. The van der Waals surface area contributed by atoms with E-state index < -0.39 is 15.7 Å². The van der Waals surface area contributed by atoms with E-state index in [0.29, 0.717) is 18.0 Å². The van der Waals surface area contributed by atoms with Gasteiger partial charge in [-0.25, -0.2) is 13.1 Å². The zero-order chi connectivity index (χ0) is 20.8. The van der Waals surface area contributed by atoms with Crippen molar-refractivity contribution in [1.82, 2.24) is 9.78 Å². The molecule has 1 saturated heterocycles. The molecule has 2 aliphatic rings. The number of amides is 2. The number of nitrogens with two attached hydrogens (primary N) is 1. The van der Waals surface area contributed by atoms with Crippen LogP contribution in [-0.2, 0) is 19.4 Å². The first-order valence-corrected chi connectivity index (χ1v) is 11.2. The van der Waals surface area contributed by atoms with E-state index in [1.165, 1.54) is 0 Å². The van der Waals surface area contributed by atoms with Crippen molar-refractivity contribution in [1.29, 1.82) is 0 Å². The summed E-state index contributed by atoms with van der Waals surface area (Å²) in [7, 11) is -3.09. The molecule has 0 spiro atoms. The summed E-state index contributed by atoms with van der Waals surface area (Å²) >= 11 is 0. The Hall–Kier alpha value is -2.88. The van der Waals surface area contributed by atoms with E-state index >= 15 is 0 Å². The summed E-state index contributed by atoms with van der Waals surface area (Å²) < 4.78 is 30.9. The van der Waals surface area contributed by atoms with Crippen LogP contribution in [0.4, 0.5) is 5.82 Å². The van der Waals surface area contributed by atoms with Gasteiger partial charge in [-0.15, -0.1) is 0 Å². The Labute approximate surface area is 168 Å². The number of nitrogens with one attached hydrogen (secondary N) is 1. The van der Waals surface area contributed by atoms with Gasteiger partial charge in [-0.3, -0.25) is 9.59 Å². The average molecular weight is 418 g/mol. The van der Waals surface area contributed by atoms with Gasteiger partial charge in [0, 0.05) is 17.9 Å². The molecule has 3 N–H and O–H groups in total. The van der Waals surface area contributed by atoms with Crippen molar-refractivity contribution in [3.8, 4) is 5.75 Å². The van der Waals surface area contributed by atoms with Crippen LogP contribution in [0, 0.1) is 6.92 Å². The largest absolute Gasteiger partial charge is 0.484 e. The molecule has 0 aliphatic carbocycles. The lowest BCUT2D eigenvalue weighted by Gasteiger charge is -2.25. The molecular weight excluding hydrogens is 396 g/mol. The summed E-state index contributed by atoms with van der Waals surface area (Å²) in [5, 5.41) is 7.46. The smallest absolute Gasteiger partial charge is 0.255 e. The highest BCUT2D eigenvalue weighted by atomic mass is 32.2. The van der Waals surface area contributed by atoms with Crippen LogP contribution in [0.2, 0.25) is 0 Å². The molecule has 2 aliphatic heterocycles. The second-order valence-corrected chi connectivity index (χ2v) is 9.71. The minimum Gasteiger partial charge on any atom is -0.484 e. The first kappa shape index (κ1) is 19.4. The van der Waals surface area contributed by atoms with Crippen LogP contribution in [-0.4, -0.2) is 48.1 Å². The van der Waals surface area contributed by atoms with Crippen molar-refractivity contribution < 1.29 is 22.7 Å². The predicted molar refractivity (Wildman–Crippen MR) is 105 cm³/mol. The van der Waals surface area contributed by atoms with Crippen LogP contribution in [0.15, 0.2) is 24.3 Å². The minimum absolute atomic E-state index is 0.0253. The molecule has 154 valence electrons. The number of ether oxygens (including phenoxy) is 1. The molecule has 1 aromatic heterocycles.